The van der Waals surface area contributed by atoms with E-state index in [-0.39, 0.29) is 18.0 Å². The molecule has 2 rings (SSSR count). The predicted molar refractivity (Wildman–Crippen MR) is 85.1 cm³/mol. The Hall–Kier alpha value is -0.750. The maximum Gasteiger partial charge on any atom is 0.220 e. The molecule has 1 aromatic rings. The van der Waals surface area contributed by atoms with E-state index in [0.29, 0.717) is 6.42 Å². The van der Waals surface area contributed by atoms with Gasteiger partial charge in [-0.1, -0.05) is 34.1 Å². The number of unbranched alkanes of at least 4 members (excludes halogenated alkanes) is 1. The molecule has 1 aliphatic rings. The van der Waals surface area contributed by atoms with Gasteiger partial charge in [-0.05, 0) is 31.4 Å². The maximum absolute atomic E-state index is 13.4. The summed E-state index contributed by atoms with van der Waals surface area (Å²) >= 11 is 0. The lowest BCUT2D eigenvalue weighted by molar-refractivity contribution is -0.121. The van der Waals surface area contributed by atoms with E-state index < -0.39 is 11.6 Å². The standard InChI is InChI=1S/C15H19F2NOS2/c16-13-5-3-6-14(17)12(13)10-18-15(19)7-2-1-4-11-8-9-20-21-11/h3,5-6,11H,1-2,4,7-10H2,(H,18,19)/t11-/m1/s1. The minimum atomic E-state index is -0.619. The number of rotatable bonds is 7. The topological polar surface area (TPSA) is 29.1 Å². The molecule has 0 unspecified atom stereocenters. The number of amides is 1. The number of hydrogen-bond donors (Lipinski definition) is 1. The SMILES string of the molecule is O=C(CCCC[C@@H]1CCSS1)NCc1c(F)cccc1F. The summed E-state index contributed by atoms with van der Waals surface area (Å²) in [5.74, 6) is -0.160. The third kappa shape index (κ3) is 5.51. The van der Waals surface area contributed by atoms with Crippen molar-refractivity contribution in [2.45, 2.75) is 43.9 Å². The van der Waals surface area contributed by atoms with Gasteiger partial charge in [0.1, 0.15) is 11.6 Å². The third-order valence-corrected chi connectivity index (χ3v) is 6.44. The van der Waals surface area contributed by atoms with Gasteiger partial charge in [0.15, 0.2) is 0 Å². The molecule has 1 aromatic carbocycles. The molecule has 1 heterocycles. The summed E-state index contributed by atoms with van der Waals surface area (Å²) in [5.41, 5.74) is -0.0785. The first-order valence-corrected chi connectivity index (χ1v) is 9.53. The largest absolute Gasteiger partial charge is 0.352 e. The summed E-state index contributed by atoms with van der Waals surface area (Å²) < 4.78 is 26.8. The first-order valence-electron chi connectivity index (χ1n) is 7.14. The van der Waals surface area contributed by atoms with Crippen molar-refractivity contribution in [1.29, 1.82) is 0 Å². The number of halogens is 2. The molecular weight excluding hydrogens is 312 g/mol. The number of benzene rings is 1. The second-order valence-corrected chi connectivity index (χ2v) is 7.84. The first-order chi connectivity index (χ1) is 10.2. The minimum absolute atomic E-state index is 0.0785. The van der Waals surface area contributed by atoms with Crippen molar-refractivity contribution in [2.24, 2.45) is 0 Å². The van der Waals surface area contributed by atoms with Crippen LogP contribution >= 0.6 is 21.6 Å². The van der Waals surface area contributed by atoms with E-state index in [0.717, 1.165) is 24.5 Å². The molecule has 21 heavy (non-hydrogen) atoms. The van der Waals surface area contributed by atoms with Gasteiger partial charge in [-0.3, -0.25) is 4.79 Å². The van der Waals surface area contributed by atoms with Crippen molar-refractivity contribution in [1.82, 2.24) is 5.32 Å². The zero-order chi connectivity index (χ0) is 15.1. The molecule has 1 amide bonds. The highest BCUT2D eigenvalue weighted by Gasteiger charge is 2.16. The van der Waals surface area contributed by atoms with E-state index in [2.05, 4.69) is 5.32 Å². The lowest BCUT2D eigenvalue weighted by Gasteiger charge is -2.08. The van der Waals surface area contributed by atoms with Gasteiger partial charge in [-0.2, -0.15) is 0 Å². The molecule has 0 bridgehead atoms. The fourth-order valence-electron chi connectivity index (χ4n) is 2.20. The highest BCUT2D eigenvalue weighted by molar-refractivity contribution is 8.77. The smallest absolute Gasteiger partial charge is 0.220 e. The summed E-state index contributed by atoms with van der Waals surface area (Å²) in [4.78, 5) is 11.7. The molecule has 0 saturated carbocycles. The van der Waals surface area contributed by atoms with E-state index >= 15 is 0 Å². The number of nitrogens with one attached hydrogen (secondary N) is 1. The third-order valence-electron chi connectivity index (χ3n) is 3.43. The van der Waals surface area contributed by atoms with Crippen LogP contribution in [0.5, 0.6) is 0 Å². The molecule has 0 radical (unpaired) electrons. The lowest BCUT2D eigenvalue weighted by Crippen LogP contribution is -2.23. The van der Waals surface area contributed by atoms with Gasteiger partial charge in [0.25, 0.3) is 0 Å². The molecule has 1 aliphatic heterocycles. The summed E-state index contributed by atoms with van der Waals surface area (Å²) in [6.07, 6.45) is 4.68. The van der Waals surface area contributed by atoms with Crippen LogP contribution in [0.25, 0.3) is 0 Å². The van der Waals surface area contributed by atoms with Crippen LogP contribution in [0.3, 0.4) is 0 Å². The van der Waals surface area contributed by atoms with Crippen molar-refractivity contribution < 1.29 is 13.6 Å². The monoisotopic (exact) mass is 331 g/mol. The van der Waals surface area contributed by atoms with Gasteiger partial charge in [-0.25, -0.2) is 8.78 Å². The fraction of sp³-hybridized carbons (Fsp3) is 0.533. The van der Waals surface area contributed by atoms with Gasteiger partial charge in [0.2, 0.25) is 5.91 Å². The quantitative estimate of drug-likeness (QED) is 0.597. The van der Waals surface area contributed by atoms with Crippen LogP contribution in [0.2, 0.25) is 0 Å². The molecular formula is C15H19F2NOS2. The van der Waals surface area contributed by atoms with Gasteiger partial charge in [0, 0.05) is 29.5 Å². The molecule has 0 spiro atoms. The molecule has 116 valence electrons. The highest BCUT2D eigenvalue weighted by atomic mass is 33.1. The Morgan fingerprint density at radius 2 is 2.05 bits per heavy atom. The zero-order valence-corrected chi connectivity index (χ0v) is 13.4. The zero-order valence-electron chi connectivity index (χ0n) is 11.7. The minimum Gasteiger partial charge on any atom is -0.352 e. The van der Waals surface area contributed by atoms with Crippen LogP contribution in [0.15, 0.2) is 18.2 Å². The normalized spacial score (nSPS) is 17.9. The Labute approximate surface area is 131 Å². The molecule has 1 atom stereocenters. The second-order valence-electron chi connectivity index (χ2n) is 5.05. The van der Waals surface area contributed by atoms with Gasteiger partial charge >= 0.3 is 0 Å². The Bertz CT molecular complexity index is 458. The molecule has 0 aromatic heterocycles. The van der Waals surface area contributed by atoms with Crippen LogP contribution in [-0.4, -0.2) is 16.9 Å². The van der Waals surface area contributed by atoms with Gasteiger partial charge in [0.05, 0.1) is 0 Å². The van der Waals surface area contributed by atoms with Gasteiger partial charge < -0.3 is 5.32 Å². The fourth-order valence-corrected chi connectivity index (χ4v) is 5.23. The number of carbonyl (C=O) groups is 1. The lowest BCUT2D eigenvalue weighted by atomic mass is 10.1. The number of hydrogen-bond acceptors (Lipinski definition) is 3. The Kier molecular flexibility index (Phi) is 6.83. The predicted octanol–water partition coefficient (Wildman–Crippen LogP) is 4.30. The van der Waals surface area contributed by atoms with Crippen molar-refractivity contribution >= 4 is 27.5 Å². The van der Waals surface area contributed by atoms with Crippen LogP contribution in [0, 0.1) is 11.6 Å². The molecule has 0 aliphatic carbocycles. The van der Waals surface area contributed by atoms with E-state index in [4.69, 9.17) is 0 Å². The van der Waals surface area contributed by atoms with E-state index in [1.165, 1.54) is 30.4 Å². The van der Waals surface area contributed by atoms with Gasteiger partial charge in [-0.15, -0.1) is 0 Å². The van der Waals surface area contributed by atoms with E-state index in [1.807, 2.05) is 21.6 Å². The second kappa shape index (κ2) is 8.63. The van der Waals surface area contributed by atoms with E-state index in [9.17, 15) is 13.6 Å². The summed E-state index contributed by atoms with van der Waals surface area (Å²) in [5, 5.41) is 3.31. The van der Waals surface area contributed by atoms with Crippen molar-refractivity contribution in [3.63, 3.8) is 0 Å². The first kappa shape index (κ1) is 16.6. The highest BCUT2D eigenvalue weighted by Crippen LogP contribution is 2.39. The van der Waals surface area contributed by atoms with Crippen molar-refractivity contribution in [3.05, 3.63) is 35.4 Å². The molecule has 1 fully saturated rings. The average Bonchev–Trinajstić information content (AvgIpc) is 2.96. The van der Waals surface area contributed by atoms with Crippen LogP contribution in [-0.2, 0) is 11.3 Å². The summed E-state index contributed by atoms with van der Waals surface area (Å²) in [6.45, 7) is -0.0908. The van der Waals surface area contributed by atoms with Crippen LogP contribution in [0.4, 0.5) is 8.78 Å². The molecule has 2 nitrogen and oxygen atoms in total. The maximum atomic E-state index is 13.4. The Morgan fingerprint density at radius 1 is 1.29 bits per heavy atom. The summed E-state index contributed by atoms with van der Waals surface area (Å²) in [6, 6.07) is 3.71. The Balaban J connectivity index is 1.63. The number of carbonyl (C=O) groups excluding carboxylic acids is 1. The molecule has 1 N–H and O–H groups in total. The van der Waals surface area contributed by atoms with Crippen LogP contribution in [0.1, 0.15) is 37.7 Å². The molecule has 6 heteroatoms. The molecule has 1 saturated heterocycles. The summed E-state index contributed by atoms with van der Waals surface area (Å²) in [7, 11) is 3.87. The van der Waals surface area contributed by atoms with E-state index in [1.54, 1.807) is 0 Å². The van der Waals surface area contributed by atoms with Crippen molar-refractivity contribution in [3.8, 4) is 0 Å². The van der Waals surface area contributed by atoms with Crippen LogP contribution < -0.4 is 5.32 Å². The van der Waals surface area contributed by atoms with Crippen molar-refractivity contribution in [2.75, 3.05) is 5.75 Å². The Morgan fingerprint density at radius 3 is 2.71 bits per heavy atom. The average molecular weight is 331 g/mol.